The van der Waals surface area contributed by atoms with Gasteiger partial charge in [0.2, 0.25) is 0 Å². The summed E-state index contributed by atoms with van der Waals surface area (Å²) in [6.07, 6.45) is 1.45. The number of aliphatic hydroxyl groups is 1. The van der Waals surface area contributed by atoms with Crippen molar-refractivity contribution < 1.29 is 14.6 Å². The molecule has 1 aliphatic rings. The summed E-state index contributed by atoms with van der Waals surface area (Å²) in [5.74, 6) is 5.94. The first-order valence-electron chi connectivity index (χ1n) is 5.97. The van der Waals surface area contributed by atoms with Crippen LogP contribution in [0.4, 0.5) is 4.79 Å². The minimum atomic E-state index is -0.439. The number of nitrogens with zero attached hydrogens (tertiary/aromatic N) is 1. The third-order valence-corrected chi connectivity index (χ3v) is 2.53. The summed E-state index contributed by atoms with van der Waals surface area (Å²) in [6, 6.07) is 0. The van der Waals surface area contributed by atoms with Gasteiger partial charge >= 0.3 is 6.09 Å². The van der Waals surface area contributed by atoms with Gasteiger partial charge in [0.05, 0.1) is 0 Å². The number of hydrogen-bond acceptors (Lipinski definition) is 3. The Morgan fingerprint density at radius 3 is 2.76 bits per heavy atom. The molecule has 0 aromatic heterocycles. The molecule has 1 aliphatic heterocycles. The molecule has 1 heterocycles. The van der Waals surface area contributed by atoms with Crippen LogP contribution in [-0.4, -0.2) is 41.4 Å². The van der Waals surface area contributed by atoms with Crippen LogP contribution in [0.1, 0.15) is 33.6 Å². The zero-order valence-electron chi connectivity index (χ0n) is 10.8. The van der Waals surface area contributed by atoms with Crippen molar-refractivity contribution in [1.82, 2.24) is 4.90 Å². The normalized spacial score (nSPS) is 19.8. The Kier molecular flexibility index (Phi) is 4.83. The van der Waals surface area contributed by atoms with E-state index in [0.717, 1.165) is 19.4 Å². The lowest BCUT2D eigenvalue weighted by molar-refractivity contribution is 0.0288. The van der Waals surface area contributed by atoms with Crippen LogP contribution >= 0.6 is 0 Å². The van der Waals surface area contributed by atoms with Crippen LogP contribution in [0.5, 0.6) is 0 Å². The Morgan fingerprint density at radius 2 is 2.18 bits per heavy atom. The Morgan fingerprint density at radius 1 is 1.47 bits per heavy atom. The van der Waals surface area contributed by atoms with Gasteiger partial charge in [0.25, 0.3) is 0 Å². The summed E-state index contributed by atoms with van der Waals surface area (Å²) in [5, 5.41) is 8.55. The van der Waals surface area contributed by atoms with E-state index >= 15 is 0 Å². The van der Waals surface area contributed by atoms with Gasteiger partial charge in [-0.2, -0.15) is 0 Å². The largest absolute Gasteiger partial charge is 0.444 e. The Labute approximate surface area is 103 Å². The van der Waals surface area contributed by atoms with Gasteiger partial charge in [-0.25, -0.2) is 4.79 Å². The fourth-order valence-electron chi connectivity index (χ4n) is 1.76. The number of amides is 1. The molecule has 96 valence electrons. The highest BCUT2D eigenvalue weighted by Crippen LogP contribution is 2.21. The van der Waals surface area contributed by atoms with Crippen molar-refractivity contribution >= 4 is 6.09 Å². The molecule has 1 amide bonds. The van der Waals surface area contributed by atoms with E-state index in [9.17, 15) is 4.79 Å². The molecule has 1 saturated heterocycles. The molecule has 0 aliphatic carbocycles. The molecule has 4 nitrogen and oxygen atoms in total. The summed E-state index contributed by atoms with van der Waals surface area (Å²) in [4.78, 5) is 13.5. The number of rotatable bonds is 1. The molecule has 0 saturated carbocycles. The zero-order chi connectivity index (χ0) is 12.9. The maximum absolute atomic E-state index is 11.8. The van der Waals surface area contributed by atoms with Gasteiger partial charge in [-0.15, -0.1) is 5.92 Å². The van der Waals surface area contributed by atoms with Gasteiger partial charge in [0, 0.05) is 19.5 Å². The lowest BCUT2D eigenvalue weighted by Gasteiger charge is -2.24. The SMILES string of the molecule is CC(C)(C)OC(=O)N1CCC(CC#CCO)C1. The highest BCUT2D eigenvalue weighted by Gasteiger charge is 2.29. The zero-order valence-corrected chi connectivity index (χ0v) is 10.8. The van der Waals surface area contributed by atoms with E-state index in [1.54, 1.807) is 4.90 Å². The van der Waals surface area contributed by atoms with Crippen molar-refractivity contribution in [3.05, 3.63) is 0 Å². The van der Waals surface area contributed by atoms with Gasteiger partial charge in [-0.1, -0.05) is 5.92 Å². The van der Waals surface area contributed by atoms with Crippen LogP contribution in [-0.2, 0) is 4.74 Å². The first-order valence-corrected chi connectivity index (χ1v) is 5.97. The van der Waals surface area contributed by atoms with Crippen molar-refractivity contribution in [3.63, 3.8) is 0 Å². The Bertz CT molecular complexity index is 322. The summed E-state index contributed by atoms with van der Waals surface area (Å²) >= 11 is 0. The second-order valence-corrected chi connectivity index (χ2v) is 5.30. The summed E-state index contributed by atoms with van der Waals surface area (Å²) in [6.45, 7) is 6.94. The molecule has 1 unspecified atom stereocenters. The number of aliphatic hydroxyl groups excluding tert-OH is 1. The maximum atomic E-state index is 11.8. The fourth-order valence-corrected chi connectivity index (χ4v) is 1.76. The predicted octanol–water partition coefficient (Wildman–Crippen LogP) is 1.63. The van der Waals surface area contributed by atoms with E-state index in [4.69, 9.17) is 9.84 Å². The quantitative estimate of drug-likeness (QED) is 0.707. The minimum absolute atomic E-state index is 0.0947. The fraction of sp³-hybridized carbons (Fsp3) is 0.769. The number of carbonyl (C=O) groups is 1. The van der Waals surface area contributed by atoms with Crippen molar-refractivity contribution in [3.8, 4) is 11.8 Å². The smallest absolute Gasteiger partial charge is 0.410 e. The van der Waals surface area contributed by atoms with Crippen LogP contribution in [0.25, 0.3) is 0 Å². The van der Waals surface area contributed by atoms with E-state index < -0.39 is 5.60 Å². The van der Waals surface area contributed by atoms with Crippen molar-refractivity contribution in [1.29, 1.82) is 0 Å². The molecule has 4 heteroatoms. The molecule has 1 N–H and O–H groups in total. The van der Waals surface area contributed by atoms with Crippen LogP contribution in [0, 0.1) is 17.8 Å². The van der Waals surface area contributed by atoms with E-state index in [-0.39, 0.29) is 12.7 Å². The van der Waals surface area contributed by atoms with Gasteiger partial charge in [0.1, 0.15) is 12.2 Å². The first-order chi connectivity index (χ1) is 7.92. The Balaban J connectivity index is 2.37. The molecule has 17 heavy (non-hydrogen) atoms. The van der Waals surface area contributed by atoms with E-state index in [1.165, 1.54) is 0 Å². The second-order valence-electron chi connectivity index (χ2n) is 5.30. The van der Waals surface area contributed by atoms with E-state index in [0.29, 0.717) is 12.5 Å². The van der Waals surface area contributed by atoms with Gasteiger partial charge in [0.15, 0.2) is 0 Å². The average molecular weight is 239 g/mol. The van der Waals surface area contributed by atoms with Crippen LogP contribution in [0.15, 0.2) is 0 Å². The summed E-state index contributed by atoms with van der Waals surface area (Å²) in [7, 11) is 0. The molecule has 0 radical (unpaired) electrons. The number of ether oxygens (including phenoxy) is 1. The minimum Gasteiger partial charge on any atom is -0.444 e. The second kappa shape index (κ2) is 5.92. The standard InChI is InChI=1S/C13H21NO3/c1-13(2,3)17-12(16)14-8-7-11(10-14)6-4-5-9-15/h11,15H,6-10H2,1-3H3. The summed E-state index contributed by atoms with van der Waals surface area (Å²) in [5.41, 5.74) is -0.439. The van der Waals surface area contributed by atoms with Crippen molar-refractivity contribution in [2.75, 3.05) is 19.7 Å². The van der Waals surface area contributed by atoms with Crippen LogP contribution in [0.2, 0.25) is 0 Å². The number of likely N-dealkylation sites (tertiary alicyclic amines) is 1. The third kappa shape index (κ3) is 5.10. The molecular weight excluding hydrogens is 218 g/mol. The lowest BCUT2D eigenvalue weighted by Crippen LogP contribution is -2.35. The number of carbonyl (C=O) groups excluding carboxylic acids is 1. The molecular formula is C13H21NO3. The van der Waals surface area contributed by atoms with Gasteiger partial charge in [-0.3, -0.25) is 0 Å². The molecule has 0 aromatic rings. The molecule has 0 bridgehead atoms. The molecule has 1 fully saturated rings. The molecule has 0 aromatic carbocycles. The van der Waals surface area contributed by atoms with E-state index in [2.05, 4.69) is 11.8 Å². The third-order valence-electron chi connectivity index (χ3n) is 2.53. The first kappa shape index (κ1) is 13.9. The highest BCUT2D eigenvalue weighted by atomic mass is 16.6. The van der Waals surface area contributed by atoms with E-state index in [1.807, 2.05) is 20.8 Å². The average Bonchev–Trinajstić information content (AvgIpc) is 2.64. The number of hydrogen-bond donors (Lipinski definition) is 1. The van der Waals surface area contributed by atoms with Crippen molar-refractivity contribution in [2.45, 2.75) is 39.2 Å². The van der Waals surface area contributed by atoms with Crippen molar-refractivity contribution in [2.24, 2.45) is 5.92 Å². The molecule has 1 rings (SSSR count). The molecule has 1 atom stereocenters. The van der Waals surface area contributed by atoms with Crippen LogP contribution in [0.3, 0.4) is 0 Å². The predicted molar refractivity (Wildman–Crippen MR) is 65.4 cm³/mol. The highest BCUT2D eigenvalue weighted by molar-refractivity contribution is 5.68. The van der Waals surface area contributed by atoms with Gasteiger partial charge < -0.3 is 14.7 Å². The van der Waals surface area contributed by atoms with Crippen LogP contribution < -0.4 is 0 Å². The Hall–Kier alpha value is -1.21. The topological polar surface area (TPSA) is 49.8 Å². The maximum Gasteiger partial charge on any atom is 0.410 e. The summed E-state index contributed by atoms with van der Waals surface area (Å²) < 4.78 is 5.31. The lowest BCUT2D eigenvalue weighted by atomic mass is 10.1. The monoisotopic (exact) mass is 239 g/mol. The molecule has 0 spiro atoms. The van der Waals surface area contributed by atoms with Gasteiger partial charge in [-0.05, 0) is 33.1 Å².